The third-order valence-corrected chi connectivity index (χ3v) is 4.56. The minimum Gasteiger partial charge on any atom is -0.450 e. The van der Waals surface area contributed by atoms with E-state index in [1.54, 1.807) is 17.9 Å². The number of aromatic amines is 1. The van der Waals surface area contributed by atoms with E-state index in [1.165, 1.54) is 12.2 Å². The second kappa shape index (κ2) is 8.53. The molecule has 1 aliphatic rings. The van der Waals surface area contributed by atoms with Crippen molar-refractivity contribution >= 4 is 29.0 Å². The summed E-state index contributed by atoms with van der Waals surface area (Å²) in [5, 5.41) is 3.83. The number of hydrogen-bond donors (Lipinski definition) is 2. The van der Waals surface area contributed by atoms with Crippen LogP contribution in [0.15, 0.2) is 41.2 Å². The van der Waals surface area contributed by atoms with Crippen molar-refractivity contribution in [3.63, 3.8) is 0 Å². The summed E-state index contributed by atoms with van der Waals surface area (Å²) in [7, 11) is 0. The molecule has 1 fully saturated rings. The van der Waals surface area contributed by atoms with Gasteiger partial charge in [-0.05, 0) is 43.4 Å². The molecule has 2 heterocycles. The van der Waals surface area contributed by atoms with Crippen molar-refractivity contribution in [1.82, 2.24) is 15.2 Å². The number of likely N-dealkylation sites (tertiary alicyclic amines) is 1. The molecular formula is C20H23N3O4. The van der Waals surface area contributed by atoms with E-state index in [9.17, 15) is 14.4 Å². The Labute approximate surface area is 157 Å². The van der Waals surface area contributed by atoms with Crippen LogP contribution in [0.2, 0.25) is 0 Å². The largest absolute Gasteiger partial charge is 0.450 e. The molecule has 0 spiro atoms. The Bertz CT molecular complexity index is 911. The number of carbonyl (C=O) groups excluding carboxylic acids is 2. The first-order chi connectivity index (χ1) is 13.1. The summed E-state index contributed by atoms with van der Waals surface area (Å²) in [5.74, 6) is -0.253. The summed E-state index contributed by atoms with van der Waals surface area (Å²) < 4.78 is 4.98. The van der Waals surface area contributed by atoms with E-state index in [2.05, 4.69) is 10.3 Å². The molecule has 0 saturated carbocycles. The zero-order valence-electron chi connectivity index (χ0n) is 15.2. The number of rotatable bonds is 4. The molecule has 3 rings (SSSR count). The molecule has 27 heavy (non-hydrogen) atoms. The quantitative estimate of drug-likeness (QED) is 0.809. The van der Waals surface area contributed by atoms with Crippen LogP contribution in [-0.4, -0.2) is 47.6 Å². The summed E-state index contributed by atoms with van der Waals surface area (Å²) >= 11 is 0. The number of ether oxygens (including phenoxy) is 1. The van der Waals surface area contributed by atoms with Gasteiger partial charge >= 0.3 is 6.09 Å². The first-order valence-corrected chi connectivity index (χ1v) is 9.09. The minimum absolute atomic E-state index is 0.00251. The van der Waals surface area contributed by atoms with Crippen molar-refractivity contribution in [2.45, 2.75) is 25.8 Å². The third-order valence-electron chi connectivity index (χ3n) is 4.56. The zero-order chi connectivity index (χ0) is 19.2. The highest BCUT2D eigenvalue weighted by Crippen LogP contribution is 2.12. The number of carbonyl (C=O) groups is 2. The van der Waals surface area contributed by atoms with Crippen LogP contribution >= 0.6 is 0 Å². The number of piperidine rings is 1. The lowest BCUT2D eigenvalue weighted by Crippen LogP contribution is -2.46. The predicted molar refractivity (Wildman–Crippen MR) is 103 cm³/mol. The van der Waals surface area contributed by atoms with Gasteiger partial charge in [0, 0.05) is 36.3 Å². The molecule has 0 bridgehead atoms. The smallest absolute Gasteiger partial charge is 0.409 e. The van der Waals surface area contributed by atoms with Gasteiger partial charge < -0.3 is 19.9 Å². The number of H-pyrrole nitrogens is 1. The molecule has 142 valence electrons. The molecule has 0 atom stereocenters. The van der Waals surface area contributed by atoms with Crippen LogP contribution in [0.3, 0.4) is 0 Å². The summed E-state index contributed by atoms with van der Waals surface area (Å²) in [6.07, 6.45) is 3.94. The Morgan fingerprint density at radius 2 is 2.04 bits per heavy atom. The minimum atomic E-state index is -0.308. The lowest BCUT2D eigenvalue weighted by atomic mass is 10.1. The Kier molecular flexibility index (Phi) is 5.90. The standard InChI is InChI=1S/C20H23N3O4/c1-2-27-20(26)23-11-9-16(10-12-23)21-18(24)8-7-15-13-14-5-3-4-6-17(14)22-19(15)25/h3-8,13,16H,2,9-12H2,1H3,(H,21,24)(H,22,25)/b8-7+. The number of hydrogen-bond acceptors (Lipinski definition) is 4. The van der Waals surface area contributed by atoms with Gasteiger partial charge in [0.05, 0.1) is 6.61 Å². The fraction of sp³-hybridized carbons (Fsp3) is 0.350. The number of para-hydroxylation sites is 1. The lowest BCUT2D eigenvalue weighted by Gasteiger charge is -2.31. The number of nitrogens with one attached hydrogen (secondary N) is 2. The molecular weight excluding hydrogens is 346 g/mol. The van der Waals surface area contributed by atoms with Gasteiger partial charge in [0.25, 0.3) is 5.56 Å². The van der Waals surface area contributed by atoms with E-state index in [4.69, 9.17) is 4.74 Å². The van der Waals surface area contributed by atoms with Gasteiger partial charge in [-0.15, -0.1) is 0 Å². The molecule has 1 aromatic heterocycles. The van der Waals surface area contributed by atoms with Crippen molar-refractivity contribution in [3.05, 3.63) is 52.3 Å². The molecule has 2 amide bonds. The van der Waals surface area contributed by atoms with Crippen LogP contribution in [0.5, 0.6) is 0 Å². The average Bonchev–Trinajstić information content (AvgIpc) is 2.67. The van der Waals surface area contributed by atoms with Gasteiger partial charge in [-0.25, -0.2) is 4.79 Å². The maximum atomic E-state index is 12.2. The summed E-state index contributed by atoms with van der Waals surface area (Å²) in [6.45, 7) is 3.24. The number of aromatic nitrogens is 1. The van der Waals surface area contributed by atoms with Crippen LogP contribution in [0.25, 0.3) is 17.0 Å². The van der Waals surface area contributed by atoms with E-state index in [0.717, 1.165) is 10.9 Å². The van der Waals surface area contributed by atoms with Crippen molar-refractivity contribution in [2.24, 2.45) is 0 Å². The monoisotopic (exact) mass is 369 g/mol. The Hall–Kier alpha value is -3.09. The van der Waals surface area contributed by atoms with Gasteiger partial charge in [0.15, 0.2) is 0 Å². The van der Waals surface area contributed by atoms with Gasteiger partial charge in [-0.3, -0.25) is 9.59 Å². The van der Waals surface area contributed by atoms with E-state index in [-0.39, 0.29) is 23.6 Å². The molecule has 0 unspecified atom stereocenters. The Morgan fingerprint density at radius 3 is 2.78 bits per heavy atom. The highest BCUT2D eigenvalue weighted by Gasteiger charge is 2.24. The molecule has 1 aliphatic heterocycles. The zero-order valence-corrected chi connectivity index (χ0v) is 15.2. The fourth-order valence-corrected chi connectivity index (χ4v) is 3.12. The molecule has 0 aliphatic carbocycles. The van der Waals surface area contributed by atoms with Crippen molar-refractivity contribution in [1.29, 1.82) is 0 Å². The van der Waals surface area contributed by atoms with E-state index >= 15 is 0 Å². The second-order valence-corrected chi connectivity index (χ2v) is 6.44. The average molecular weight is 369 g/mol. The topological polar surface area (TPSA) is 91.5 Å². The summed E-state index contributed by atoms with van der Waals surface area (Å²) in [4.78, 5) is 40.4. The highest BCUT2D eigenvalue weighted by molar-refractivity contribution is 5.92. The fourth-order valence-electron chi connectivity index (χ4n) is 3.12. The third kappa shape index (κ3) is 4.75. The number of benzene rings is 1. The predicted octanol–water partition coefficient (Wildman–Crippen LogP) is 2.28. The number of amides is 2. The Balaban J connectivity index is 1.56. The highest BCUT2D eigenvalue weighted by atomic mass is 16.6. The maximum absolute atomic E-state index is 12.2. The van der Waals surface area contributed by atoms with Gasteiger partial charge in [-0.1, -0.05) is 18.2 Å². The SMILES string of the molecule is CCOC(=O)N1CCC(NC(=O)/C=C/c2cc3ccccc3[nH]c2=O)CC1. The van der Waals surface area contributed by atoms with Gasteiger partial charge in [0.1, 0.15) is 0 Å². The van der Waals surface area contributed by atoms with Crippen LogP contribution in [-0.2, 0) is 9.53 Å². The van der Waals surface area contributed by atoms with Crippen LogP contribution < -0.4 is 10.9 Å². The number of pyridine rings is 1. The molecule has 2 aromatic rings. The van der Waals surface area contributed by atoms with E-state index in [0.29, 0.717) is 38.1 Å². The first kappa shape index (κ1) is 18.7. The van der Waals surface area contributed by atoms with Gasteiger partial charge in [-0.2, -0.15) is 0 Å². The molecule has 7 nitrogen and oxygen atoms in total. The van der Waals surface area contributed by atoms with E-state index < -0.39 is 0 Å². The summed E-state index contributed by atoms with van der Waals surface area (Å²) in [5.41, 5.74) is 0.957. The molecule has 1 aromatic carbocycles. The number of fused-ring (bicyclic) bond motifs is 1. The molecule has 7 heteroatoms. The molecule has 1 saturated heterocycles. The van der Waals surface area contributed by atoms with Crippen LogP contribution in [0, 0.1) is 0 Å². The Morgan fingerprint density at radius 1 is 1.30 bits per heavy atom. The first-order valence-electron chi connectivity index (χ1n) is 9.09. The van der Waals surface area contributed by atoms with Crippen LogP contribution in [0.1, 0.15) is 25.3 Å². The van der Waals surface area contributed by atoms with Crippen LogP contribution in [0.4, 0.5) is 4.79 Å². The van der Waals surface area contributed by atoms with Crippen molar-refractivity contribution < 1.29 is 14.3 Å². The van der Waals surface area contributed by atoms with Crippen molar-refractivity contribution in [3.8, 4) is 0 Å². The molecule has 0 radical (unpaired) electrons. The van der Waals surface area contributed by atoms with Crippen molar-refractivity contribution in [2.75, 3.05) is 19.7 Å². The second-order valence-electron chi connectivity index (χ2n) is 6.44. The molecule has 2 N–H and O–H groups in total. The maximum Gasteiger partial charge on any atom is 0.409 e. The normalized spacial score (nSPS) is 15.2. The van der Waals surface area contributed by atoms with E-state index in [1.807, 2.05) is 24.3 Å². The number of nitrogens with zero attached hydrogens (tertiary/aromatic N) is 1. The lowest BCUT2D eigenvalue weighted by molar-refractivity contribution is -0.117. The summed E-state index contributed by atoms with van der Waals surface area (Å²) in [6, 6.07) is 9.25. The van der Waals surface area contributed by atoms with Gasteiger partial charge in [0.2, 0.25) is 5.91 Å².